The number of rotatable bonds is 11. The average Bonchev–Trinajstić information content (AvgIpc) is 3.49. The van der Waals surface area contributed by atoms with E-state index in [0.717, 1.165) is 16.5 Å². The fourth-order valence-corrected chi connectivity index (χ4v) is 4.78. The fourth-order valence-electron chi connectivity index (χ4n) is 4.03. The van der Waals surface area contributed by atoms with Crippen molar-refractivity contribution in [2.75, 3.05) is 23.9 Å². The van der Waals surface area contributed by atoms with Crippen LogP contribution in [0.25, 0.3) is 22.2 Å². The zero-order valence-corrected chi connectivity index (χ0v) is 27.0. The highest BCUT2D eigenvalue weighted by Gasteiger charge is 2.11. The number of fused-ring (bicyclic) bond motifs is 1. The maximum absolute atomic E-state index is 13.4. The second kappa shape index (κ2) is 17.3. The van der Waals surface area contributed by atoms with E-state index < -0.39 is 9.84 Å². The molecule has 0 aliphatic carbocycles. The second-order valence-corrected chi connectivity index (χ2v) is 12.3. The van der Waals surface area contributed by atoms with Crippen LogP contribution in [0.2, 0.25) is 5.02 Å². The maximum Gasteiger partial charge on any atom is 0.197 e. The number of anilines is 2. The minimum Gasteiger partial charge on any atom is -0.487 e. The number of furan rings is 1. The molecule has 0 atom stereocenters. The molecule has 0 saturated heterocycles. The lowest BCUT2D eigenvalue weighted by Gasteiger charge is -2.12. The Morgan fingerprint density at radius 3 is 2.56 bits per heavy atom. The molecule has 0 radical (unpaired) electrons. The van der Waals surface area contributed by atoms with Crippen LogP contribution in [0.4, 0.5) is 15.9 Å². The van der Waals surface area contributed by atoms with E-state index in [-0.39, 0.29) is 18.2 Å². The van der Waals surface area contributed by atoms with Gasteiger partial charge >= 0.3 is 0 Å². The van der Waals surface area contributed by atoms with Crippen molar-refractivity contribution < 1.29 is 26.2 Å². The molecule has 236 valence electrons. The largest absolute Gasteiger partial charge is 0.487 e. The van der Waals surface area contributed by atoms with Crippen LogP contribution in [0.15, 0.2) is 96.2 Å². The Morgan fingerprint density at radius 2 is 1.84 bits per heavy atom. The van der Waals surface area contributed by atoms with E-state index in [9.17, 15) is 12.8 Å². The van der Waals surface area contributed by atoms with E-state index in [1.165, 1.54) is 24.7 Å². The second-order valence-electron chi connectivity index (χ2n) is 9.62. The van der Waals surface area contributed by atoms with Gasteiger partial charge in [-0.3, -0.25) is 0 Å². The van der Waals surface area contributed by atoms with Crippen LogP contribution in [0.5, 0.6) is 5.75 Å². The number of allylic oxidation sites excluding steroid dienone is 1. The maximum atomic E-state index is 13.4. The third kappa shape index (κ3) is 11.0. The van der Waals surface area contributed by atoms with Gasteiger partial charge in [0.2, 0.25) is 0 Å². The lowest BCUT2D eigenvalue weighted by molar-refractivity contribution is 0.306. The topological polar surface area (TPSA) is 123 Å². The Hall–Kier alpha value is -4.23. The van der Waals surface area contributed by atoms with Gasteiger partial charge in [-0.25, -0.2) is 22.8 Å². The van der Waals surface area contributed by atoms with Crippen molar-refractivity contribution in [2.24, 2.45) is 0 Å². The summed E-state index contributed by atoms with van der Waals surface area (Å²) in [7, 11) is -3.02. The molecule has 5 rings (SSSR count). The molecule has 0 aliphatic heterocycles. The molecule has 0 saturated carbocycles. The summed E-state index contributed by atoms with van der Waals surface area (Å²) < 4.78 is 55.6. The van der Waals surface area contributed by atoms with E-state index in [1.807, 2.05) is 43.3 Å². The minimum atomic E-state index is -3.02. The molecule has 2 heterocycles. The molecule has 0 fully saturated rings. The zero-order valence-electron chi connectivity index (χ0n) is 24.6. The molecular formula is C32H32ClFN4O5S2. The zero-order chi connectivity index (χ0) is 32.8. The van der Waals surface area contributed by atoms with Crippen LogP contribution in [-0.4, -0.2) is 41.1 Å². The van der Waals surface area contributed by atoms with Gasteiger partial charge in [0, 0.05) is 29.4 Å². The smallest absolute Gasteiger partial charge is 0.197 e. The standard InChI is InChI=1S/C29H26ClFN4O4S.C3H6.OS/c1-40(36,37)12-11-32-16-23-7-10-27(39-23)20-5-8-26-24(14-20)29(34-18-33-26)35-22-6-9-28(25(30)15-22)38-17-19-3-2-4-21(31)13-19;1-3-2;1-2/h2-10,13-15,18,32H,11-12,16-17H2,1H3,(H,33,34,35);3H,1H2,2H3;. The van der Waals surface area contributed by atoms with Gasteiger partial charge in [0.05, 0.1) is 22.8 Å². The van der Waals surface area contributed by atoms with Gasteiger partial charge in [-0.15, -0.1) is 6.58 Å². The fraction of sp³-hybridized carbons (Fsp3) is 0.188. The van der Waals surface area contributed by atoms with Gasteiger partial charge < -0.3 is 19.8 Å². The molecule has 3 aromatic carbocycles. The monoisotopic (exact) mass is 670 g/mol. The molecule has 0 spiro atoms. The number of nitrogens with zero attached hydrogens (tertiary/aromatic N) is 2. The van der Waals surface area contributed by atoms with Crippen molar-refractivity contribution in [3.63, 3.8) is 0 Å². The van der Waals surface area contributed by atoms with Gasteiger partial charge in [-0.05, 0) is 73.2 Å². The summed E-state index contributed by atoms with van der Waals surface area (Å²) in [6, 6.07) is 21.0. The van der Waals surface area contributed by atoms with Gasteiger partial charge in [0.15, 0.2) is 12.5 Å². The van der Waals surface area contributed by atoms with Crippen molar-refractivity contribution in [3.8, 4) is 17.1 Å². The molecule has 0 unspecified atom stereocenters. The number of nitrogens with one attached hydrogen (secondary N) is 2. The molecule has 9 nitrogen and oxygen atoms in total. The van der Waals surface area contributed by atoms with Crippen molar-refractivity contribution in [1.82, 2.24) is 15.3 Å². The highest BCUT2D eigenvalue weighted by molar-refractivity contribution is 7.90. The lowest BCUT2D eigenvalue weighted by atomic mass is 10.1. The van der Waals surface area contributed by atoms with E-state index >= 15 is 0 Å². The summed E-state index contributed by atoms with van der Waals surface area (Å²) in [6.07, 6.45) is 4.44. The van der Waals surface area contributed by atoms with Crippen LogP contribution in [0.1, 0.15) is 18.2 Å². The first-order valence-corrected chi connectivity index (χ1v) is 16.3. The third-order valence-electron chi connectivity index (χ3n) is 6.01. The Labute approximate surface area is 272 Å². The predicted molar refractivity (Wildman–Crippen MR) is 178 cm³/mol. The number of ether oxygens (including phenoxy) is 1. The number of hydrogen-bond donors (Lipinski definition) is 2. The molecule has 0 aliphatic rings. The van der Waals surface area contributed by atoms with Gasteiger partial charge in [-0.1, -0.05) is 29.8 Å². The first-order chi connectivity index (χ1) is 21.6. The highest BCUT2D eigenvalue weighted by atomic mass is 35.5. The Kier molecular flexibility index (Phi) is 13.6. The normalized spacial score (nSPS) is 10.7. The molecule has 13 heteroatoms. The van der Waals surface area contributed by atoms with Crippen LogP contribution in [-0.2, 0) is 35.5 Å². The van der Waals surface area contributed by atoms with E-state index in [4.69, 9.17) is 25.0 Å². The number of aromatic nitrogens is 2. The van der Waals surface area contributed by atoms with Crippen molar-refractivity contribution in [1.29, 1.82) is 0 Å². The SMILES string of the molecule is C=CC.CS(=O)(=O)CCNCc1ccc(-c2ccc3ncnc(Nc4ccc(OCc5cccc(F)c5)c(Cl)c4)c3c2)o1.O=S. The van der Waals surface area contributed by atoms with Crippen LogP contribution >= 0.6 is 11.6 Å². The van der Waals surface area contributed by atoms with Gasteiger partial charge in [0.1, 0.15) is 51.7 Å². The molecule has 5 aromatic rings. The summed E-state index contributed by atoms with van der Waals surface area (Å²) in [6.45, 7) is 6.21. The quantitative estimate of drug-likeness (QED) is 0.112. The average molecular weight is 671 g/mol. The summed E-state index contributed by atoms with van der Waals surface area (Å²) in [5, 5.41) is 7.56. The molecule has 0 amide bonds. The first kappa shape index (κ1) is 35.3. The lowest BCUT2D eigenvalue weighted by Crippen LogP contribution is -2.21. The summed E-state index contributed by atoms with van der Waals surface area (Å²) in [5.74, 6) is 2.17. The Morgan fingerprint density at radius 1 is 1.07 bits per heavy atom. The van der Waals surface area contributed by atoms with Crippen molar-refractivity contribution in [3.05, 3.63) is 114 Å². The van der Waals surface area contributed by atoms with E-state index in [1.54, 1.807) is 30.3 Å². The summed E-state index contributed by atoms with van der Waals surface area (Å²) >= 11 is 9.30. The van der Waals surface area contributed by atoms with Crippen molar-refractivity contribution >= 4 is 56.4 Å². The molecule has 2 aromatic heterocycles. The van der Waals surface area contributed by atoms with Gasteiger partial charge in [0.25, 0.3) is 0 Å². The predicted octanol–water partition coefficient (Wildman–Crippen LogP) is 7.00. The minimum absolute atomic E-state index is 0.0664. The first-order valence-electron chi connectivity index (χ1n) is 13.5. The van der Waals surface area contributed by atoms with Crippen LogP contribution in [0.3, 0.4) is 0 Å². The van der Waals surface area contributed by atoms with Gasteiger partial charge in [-0.2, -0.15) is 4.21 Å². The summed E-state index contributed by atoms with van der Waals surface area (Å²) in [5.41, 5.74) is 2.99. The molecule has 45 heavy (non-hydrogen) atoms. The number of sulfone groups is 1. The molecule has 2 N–H and O–H groups in total. The third-order valence-corrected chi connectivity index (χ3v) is 7.25. The Bertz CT molecular complexity index is 1840. The van der Waals surface area contributed by atoms with Crippen LogP contribution in [0, 0.1) is 5.82 Å². The number of halogens is 2. The molecule has 0 bridgehead atoms. The van der Waals surface area contributed by atoms with E-state index in [2.05, 4.69) is 39.7 Å². The van der Waals surface area contributed by atoms with Crippen molar-refractivity contribution in [2.45, 2.75) is 20.1 Å². The number of benzene rings is 3. The summed E-state index contributed by atoms with van der Waals surface area (Å²) in [4.78, 5) is 8.80. The molecular weight excluding hydrogens is 639 g/mol. The number of hydrogen-bond acceptors (Lipinski definition) is 10. The Balaban J connectivity index is 0.00000104. The van der Waals surface area contributed by atoms with Crippen LogP contribution < -0.4 is 15.4 Å². The highest BCUT2D eigenvalue weighted by Crippen LogP contribution is 2.32. The van der Waals surface area contributed by atoms with E-state index in [0.29, 0.717) is 52.5 Å².